The molecule has 13 nitrogen and oxygen atoms in total. The van der Waals surface area contributed by atoms with Crippen LogP contribution in [-0.4, -0.2) is 98.6 Å². The molecule has 0 atom stereocenters. The maximum atomic E-state index is 15.0. The highest BCUT2D eigenvalue weighted by Gasteiger charge is 2.28. The lowest BCUT2D eigenvalue weighted by atomic mass is 10.0. The van der Waals surface area contributed by atoms with Crippen LogP contribution in [0.25, 0.3) is 10.2 Å². The number of carbonyl (C=O) groups excluding carboxylic acids is 2. The molecule has 5 aromatic rings. The number of unbranched alkanes of at least 4 members (excludes halogenated alkanes) is 1. The van der Waals surface area contributed by atoms with Crippen molar-refractivity contribution >= 4 is 72.4 Å². The van der Waals surface area contributed by atoms with Crippen molar-refractivity contribution in [3.8, 4) is 17.6 Å². The Bertz CT molecular complexity index is 2330. The van der Waals surface area contributed by atoms with E-state index in [4.69, 9.17) is 4.74 Å². The fraction of sp³-hybridized carbons (Fsp3) is 0.405. The molecule has 5 heterocycles. The number of hydrogen-bond donors (Lipinski definition) is 2. The number of benzene rings is 2. The summed E-state index contributed by atoms with van der Waals surface area (Å²) in [5.41, 5.74) is 3.44. The number of piperazine rings is 1. The molecule has 0 bridgehead atoms. The third-order valence-electron chi connectivity index (χ3n) is 10.2. The molecule has 0 saturated carbocycles. The molecule has 302 valence electrons. The Morgan fingerprint density at radius 2 is 1.79 bits per heavy atom. The minimum absolute atomic E-state index is 0.00660. The van der Waals surface area contributed by atoms with Gasteiger partial charge < -0.3 is 29.8 Å². The molecule has 2 aromatic carbocycles. The molecule has 1 saturated heterocycles. The minimum atomic E-state index is -1.11. The third-order valence-corrected chi connectivity index (χ3v) is 12.3. The van der Waals surface area contributed by atoms with Crippen molar-refractivity contribution in [3.63, 3.8) is 0 Å². The van der Waals surface area contributed by atoms with Gasteiger partial charge in [0.2, 0.25) is 5.91 Å². The summed E-state index contributed by atoms with van der Waals surface area (Å²) in [6, 6.07) is 12.6. The number of carboxylic acid groups (broad SMARTS) is 1. The van der Waals surface area contributed by atoms with E-state index in [1.54, 1.807) is 30.4 Å². The second-order valence-corrected chi connectivity index (χ2v) is 16.5. The van der Waals surface area contributed by atoms with Crippen LogP contribution in [-0.2, 0) is 22.4 Å². The van der Waals surface area contributed by atoms with E-state index in [9.17, 15) is 23.9 Å². The van der Waals surface area contributed by atoms with Gasteiger partial charge >= 0.3 is 5.97 Å². The number of aromatic nitrogens is 4. The number of amides is 1. The number of carbonyl (C=O) groups is 3. The topological polar surface area (TPSA) is 154 Å². The second kappa shape index (κ2) is 18.8. The van der Waals surface area contributed by atoms with Gasteiger partial charge in [-0.3, -0.25) is 9.69 Å². The summed E-state index contributed by atoms with van der Waals surface area (Å²) in [7, 11) is 0. The molecule has 0 spiro atoms. The zero-order valence-electron chi connectivity index (χ0n) is 32.6. The zero-order valence-corrected chi connectivity index (χ0v) is 34.2. The number of carboxylic acids is 1. The number of Topliss-reactive ketones (excluding diaryl/α,β-unsaturated/α-hetero) is 1. The average molecular weight is 825 g/mol. The lowest BCUT2D eigenvalue weighted by molar-refractivity contribution is -0.133. The van der Waals surface area contributed by atoms with Crippen LogP contribution >= 0.6 is 22.7 Å². The number of hydrogen-bond acceptors (Lipinski definition) is 13. The summed E-state index contributed by atoms with van der Waals surface area (Å²) >= 11 is 2.86. The van der Waals surface area contributed by atoms with Crippen LogP contribution in [0.1, 0.15) is 77.5 Å². The molecule has 0 radical (unpaired) electrons. The van der Waals surface area contributed by atoms with Crippen LogP contribution in [0.5, 0.6) is 5.75 Å². The summed E-state index contributed by atoms with van der Waals surface area (Å²) < 4.78 is 21.8. The van der Waals surface area contributed by atoms with Gasteiger partial charge in [0, 0.05) is 67.1 Å². The van der Waals surface area contributed by atoms with Gasteiger partial charge in [0.15, 0.2) is 39.2 Å². The summed E-state index contributed by atoms with van der Waals surface area (Å²) in [4.78, 5) is 51.6. The van der Waals surface area contributed by atoms with Gasteiger partial charge in [-0.1, -0.05) is 35.3 Å². The number of anilines is 4. The molecule has 58 heavy (non-hydrogen) atoms. The third kappa shape index (κ3) is 9.95. The van der Waals surface area contributed by atoms with E-state index in [-0.39, 0.29) is 29.7 Å². The van der Waals surface area contributed by atoms with Gasteiger partial charge in [0.1, 0.15) is 5.78 Å². The number of aryl methyl sites for hydroxylation is 1. The number of fused-ring (bicyclic) bond motifs is 2. The van der Waals surface area contributed by atoms with Gasteiger partial charge in [0.25, 0.3) is 0 Å². The highest BCUT2D eigenvalue weighted by Crippen LogP contribution is 2.39. The van der Waals surface area contributed by atoms with Crippen LogP contribution < -0.4 is 15.0 Å². The van der Waals surface area contributed by atoms with Crippen LogP contribution in [0, 0.1) is 24.6 Å². The van der Waals surface area contributed by atoms with E-state index >= 15 is 0 Å². The van der Waals surface area contributed by atoms with Crippen molar-refractivity contribution < 1.29 is 28.6 Å². The van der Waals surface area contributed by atoms with E-state index in [0.29, 0.717) is 79.1 Å². The smallest absolute Gasteiger partial charge is 0.355 e. The van der Waals surface area contributed by atoms with Gasteiger partial charge in [0.05, 0.1) is 23.4 Å². The quantitative estimate of drug-likeness (QED) is 0.0813. The van der Waals surface area contributed by atoms with Gasteiger partial charge in [-0.2, -0.15) is 0 Å². The lowest BCUT2D eigenvalue weighted by Gasteiger charge is -2.33. The van der Waals surface area contributed by atoms with Crippen molar-refractivity contribution in [1.82, 2.24) is 30.0 Å². The first-order valence-electron chi connectivity index (χ1n) is 19.5. The first-order chi connectivity index (χ1) is 28.1. The second-order valence-electron chi connectivity index (χ2n) is 14.4. The predicted molar refractivity (Wildman–Crippen MR) is 223 cm³/mol. The lowest BCUT2D eigenvalue weighted by Crippen LogP contribution is -2.48. The number of rotatable bonds is 15. The fourth-order valence-corrected chi connectivity index (χ4v) is 9.02. The molecule has 7 rings (SSSR count). The molecule has 1 fully saturated rings. The molecule has 2 aliphatic rings. The van der Waals surface area contributed by atoms with Crippen LogP contribution in [0.3, 0.4) is 0 Å². The Morgan fingerprint density at radius 3 is 2.57 bits per heavy atom. The van der Waals surface area contributed by atoms with Crippen LogP contribution in [0.4, 0.5) is 26.3 Å². The standard InChI is InChI=1S/C42H45FN8O5S2/c1-27(52)10-3-6-16-36(53)50-23-21-49(22-24-50)19-7-11-29-17-18-33(31(43)26-29)56-25-9-15-35-37(40(54)55)45-42(58-35)51-20-8-12-30-28(2)38(47-48-39(30)51)46-41-44-32-13-4-5-14-34(32)57-41/h4-5,13-14,17-18,26H,3,6,8-10,12,15-16,19-25H2,1-2H3,(H,54,55)(H,44,46,47). The molecule has 1 amide bonds. The molecule has 16 heteroatoms. The minimum Gasteiger partial charge on any atom is -0.491 e. The number of para-hydroxylation sites is 1. The monoisotopic (exact) mass is 824 g/mol. The average Bonchev–Trinajstić information content (AvgIpc) is 3.84. The van der Waals surface area contributed by atoms with E-state index in [1.807, 2.05) is 41.0 Å². The fourth-order valence-electron chi connectivity index (χ4n) is 7.03. The summed E-state index contributed by atoms with van der Waals surface area (Å²) in [5, 5.41) is 23.7. The predicted octanol–water partition coefficient (Wildman–Crippen LogP) is 7.17. The van der Waals surface area contributed by atoms with E-state index < -0.39 is 11.8 Å². The SMILES string of the molecule is CC(=O)CCCCC(=O)N1CCN(CC#Cc2ccc(OCCCc3sc(N4CCCc5c4nnc(Nc4nc6ccccc6s4)c5C)nc3C(=O)O)c(F)c2)CC1. The maximum absolute atomic E-state index is 15.0. The van der Waals surface area contributed by atoms with Crippen molar-refractivity contribution in [2.24, 2.45) is 0 Å². The largest absolute Gasteiger partial charge is 0.491 e. The van der Waals surface area contributed by atoms with E-state index in [0.717, 1.165) is 65.2 Å². The normalized spacial score (nSPS) is 14.2. The van der Waals surface area contributed by atoms with Crippen LogP contribution in [0.2, 0.25) is 0 Å². The van der Waals surface area contributed by atoms with Crippen molar-refractivity contribution in [1.29, 1.82) is 0 Å². The van der Waals surface area contributed by atoms with Crippen LogP contribution in [0.15, 0.2) is 42.5 Å². The zero-order chi connectivity index (χ0) is 40.6. The number of halogens is 1. The first-order valence-corrected chi connectivity index (χ1v) is 21.2. The number of thiazole rings is 2. The number of ether oxygens (including phenoxy) is 1. The van der Waals surface area contributed by atoms with Crippen molar-refractivity contribution in [2.45, 2.75) is 65.2 Å². The molecule has 0 aliphatic carbocycles. The number of nitrogens with one attached hydrogen (secondary N) is 1. The van der Waals surface area contributed by atoms with E-state index in [2.05, 4.69) is 42.2 Å². The maximum Gasteiger partial charge on any atom is 0.355 e. The molecular weight excluding hydrogens is 780 g/mol. The highest BCUT2D eigenvalue weighted by molar-refractivity contribution is 7.22. The Balaban J connectivity index is 0.897. The molecule has 3 aromatic heterocycles. The number of aromatic carboxylic acids is 1. The Labute approximate surface area is 344 Å². The molecule has 0 unspecified atom stereocenters. The summed E-state index contributed by atoms with van der Waals surface area (Å²) in [6.45, 7) is 7.63. The van der Waals surface area contributed by atoms with Crippen molar-refractivity contribution in [3.05, 3.63) is 75.5 Å². The van der Waals surface area contributed by atoms with E-state index in [1.165, 1.54) is 17.4 Å². The van der Waals surface area contributed by atoms with Gasteiger partial charge in [-0.15, -0.1) is 21.5 Å². The summed E-state index contributed by atoms with van der Waals surface area (Å²) in [5.74, 6) is 6.20. The number of nitrogens with zero attached hydrogens (tertiary/aromatic N) is 7. The Hall–Kier alpha value is -5.50. The van der Waals surface area contributed by atoms with Gasteiger partial charge in [-0.25, -0.2) is 19.2 Å². The van der Waals surface area contributed by atoms with Crippen molar-refractivity contribution in [2.75, 3.05) is 56.1 Å². The molecule has 2 aliphatic heterocycles. The Morgan fingerprint density at radius 1 is 0.983 bits per heavy atom. The molecule has 2 N–H and O–H groups in total. The number of ketones is 1. The highest BCUT2D eigenvalue weighted by atomic mass is 32.1. The Kier molecular flexibility index (Phi) is 13.2. The van der Waals surface area contributed by atoms with Gasteiger partial charge in [-0.05, 0) is 82.7 Å². The first kappa shape index (κ1) is 40.7. The summed E-state index contributed by atoms with van der Waals surface area (Å²) in [6.07, 6.45) is 4.96. The molecular formula is C42H45FN8O5S2.